The molecule has 2 aliphatic heterocycles. The van der Waals surface area contributed by atoms with E-state index in [9.17, 15) is 9.59 Å². The average molecular weight is 607 g/mol. The predicted octanol–water partition coefficient (Wildman–Crippen LogP) is 6.47. The van der Waals surface area contributed by atoms with Crippen molar-refractivity contribution in [3.05, 3.63) is 36.4 Å². The number of nitrogens with one attached hydrogen (secondary N) is 2. The van der Waals surface area contributed by atoms with Crippen LogP contribution in [0.5, 0.6) is 0 Å². The molecule has 0 spiro atoms. The van der Waals surface area contributed by atoms with Crippen molar-refractivity contribution in [2.24, 2.45) is 11.8 Å². The van der Waals surface area contributed by atoms with Crippen molar-refractivity contribution < 1.29 is 9.59 Å². The molecule has 12 heteroatoms. The largest absolute Gasteiger partial charge is 0.338 e. The van der Waals surface area contributed by atoms with Gasteiger partial charge in [-0.15, -0.1) is 22.7 Å². The Morgan fingerprint density at radius 1 is 0.738 bits per heavy atom. The highest BCUT2D eigenvalue weighted by Gasteiger charge is 2.33. The molecule has 6 rings (SSSR count). The Morgan fingerprint density at radius 2 is 1.17 bits per heavy atom. The minimum absolute atomic E-state index is 0.00239. The number of amides is 2. The van der Waals surface area contributed by atoms with Crippen LogP contribution in [0.25, 0.3) is 31.2 Å². The summed E-state index contributed by atoms with van der Waals surface area (Å²) >= 11 is 3.18. The van der Waals surface area contributed by atoms with Crippen LogP contribution in [0.4, 0.5) is 0 Å². The molecule has 6 heterocycles. The third-order valence-corrected chi connectivity index (χ3v) is 10.1. The molecule has 2 atom stereocenters. The summed E-state index contributed by atoms with van der Waals surface area (Å²) in [5.41, 5.74) is 1.72. The van der Waals surface area contributed by atoms with E-state index in [0.29, 0.717) is 24.7 Å². The maximum Gasteiger partial charge on any atom is 0.223 e. The van der Waals surface area contributed by atoms with Crippen LogP contribution in [0, 0.1) is 11.8 Å². The number of carbonyl (C=O) groups excluding carboxylic acids is 2. The summed E-state index contributed by atoms with van der Waals surface area (Å²) in [6.45, 7) is 9.88. The van der Waals surface area contributed by atoms with Gasteiger partial charge in [-0.05, 0) is 37.5 Å². The zero-order valence-corrected chi connectivity index (χ0v) is 26.2. The van der Waals surface area contributed by atoms with Gasteiger partial charge in [-0.1, -0.05) is 27.7 Å². The smallest absolute Gasteiger partial charge is 0.223 e. The first kappa shape index (κ1) is 28.7. The molecular weight excluding hydrogens is 569 g/mol. The number of likely N-dealkylation sites (tertiary alicyclic amines) is 2. The predicted molar refractivity (Wildman–Crippen MR) is 165 cm³/mol. The SMILES string of the molecule is CC(C)CC(=O)N1CCCC1c1ncc(-c2ncc(-c3cnc(-c4cnc(C5CCCN5C(=O)CC(C)C)[nH]4)s3)s2)[nH]1. The van der Waals surface area contributed by atoms with Crippen LogP contribution in [0.15, 0.2) is 24.8 Å². The molecule has 0 saturated carbocycles. The summed E-state index contributed by atoms with van der Waals surface area (Å²) in [7, 11) is 0. The standard InChI is InChI=1S/C30H38N8O2S2/c1-17(2)11-25(39)37-9-5-7-21(37)27-31-13-19(35-27)29-33-15-23(41-29)24-16-34-30(42-24)20-14-32-28(36-20)22-8-6-10-38(22)26(40)12-18(3)4/h13-18,21-22H,5-12H2,1-4H3,(H,31,35)(H,32,36). The fourth-order valence-electron chi connectivity index (χ4n) is 5.89. The van der Waals surface area contributed by atoms with Crippen molar-refractivity contribution in [1.29, 1.82) is 0 Å². The summed E-state index contributed by atoms with van der Waals surface area (Å²) in [5.74, 6) is 2.74. The first-order valence-electron chi connectivity index (χ1n) is 14.9. The van der Waals surface area contributed by atoms with Crippen molar-refractivity contribution in [2.75, 3.05) is 13.1 Å². The van der Waals surface area contributed by atoms with Gasteiger partial charge in [-0.3, -0.25) is 9.59 Å². The Labute approximate surface area is 254 Å². The van der Waals surface area contributed by atoms with Crippen LogP contribution in [0.2, 0.25) is 0 Å². The zero-order valence-electron chi connectivity index (χ0n) is 24.6. The number of aromatic nitrogens is 6. The highest BCUT2D eigenvalue weighted by molar-refractivity contribution is 7.24. The number of hydrogen-bond acceptors (Lipinski definition) is 8. The minimum atomic E-state index is -0.00239. The molecule has 10 nitrogen and oxygen atoms in total. The van der Waals surface area contributed by atoms with E-state index in [4.69, 9.17) is 0 Å². The van der Waals surface area contributed by atoms with Crippen molar-refractivity contribution in [1.82, 2.24) is 39.7 Å². The number of rotatable bonds is 9. The second kappa shape index (κ2) is 12.1. The van der Waals surface area contributed by atoms with Crippen LogP contribution >= 0.6 is 22.7 Å². The molecule has 222 valence electrons. The molecule has 2 unspecified atom stereocenters. The summed E-state index contributed by atoms with van der Waals surface area (Å²) in [4.78, 5) is 57.1. The Morgan fingerprint density at radius 3 is 1.57 bits per heavy atom. The number of nitrogens with zero attached hydrogens (tertiary/aromatic N) is 6. The van der Waals surface area contributed by atoms with Crippen molar-refractivity contribution in [3.8, 4) is 31.2 Å². The van der Waals surface area contributed by atoms with Gasteiger partial charge >= 0.3 is 0 Å². The molecule has 2 saturated heterocycles. The second-order valence-electron chi connectivity index (χ2n) is 12.1. The van der Waals surface area contributed by atoms with E-state index in [0.717, 1.165) is 81.6 Å². The molecule has 2 fully saturated rings. The lowest BCUT2D eigenvalue weighted by Gasteiger charge is -2.24. The van der Waals surface area contributed by atoms with Crippen LogP contribution in [0.3, 0.4) is 0 Å². The zero-order chi connectivity index (χ0) is 29.4. The van der Waals surface area contributed by atoms with E-state index >= 15 is 0 Å². The topological polar surface area (TPSA) is 124 Å². The fourth-order valence-corrected chi connectivity index (χ4v) is 7.71. The molecule has 2 amide bonds. The monoisotopic (exact) mass is 606 g/mol. The highest BCUT2D eigenvalue weighted by Crippen LogP contribution is 2.39. The maximum absolute atomic E-state index is 12.8. The van der Waals surface area contributed by atoms with Gasteiger partial charge in [-0.2, -0.15) is 0 Å². The Balaban J connectivity index is 1.14. The van der Waals surface area contributed by atoms with Gasteiger partial charge in [0.25, 0.3) is 0 Å². The van der Waals surface area contributed by atoms with Gasteiger partial charge in [0.1, 0.15) is 21.7 Å². The molecule has 0 bridgehead atoms. The first-order chi connectivity index (χ1) is 20.3. The first-order valence-corrected chi connectivity index (χ1v) is 16.5. The fraction of sp³-hybridized carbons (Fsp3) is 0.533. The number of imidazole rings is 2. The molecule has 42 heavy (non-hydrogen) atoms. The number of carbonyl (C=O) groups is 2. The van der Waals surface area contributed by atoms with Crippen molar-refractivity contribution in [3.63, 3.8) is 0 Å². The summed E-state index contributed by atoms with van der Waals surface area (Å²) in [6.07, 6.45) is 12.4. The van der Waals surface area contributed by atoms with Gasteiger partial charge in [0.15, 0.2) is 0 Å². The van der Waals surface area contributed by atoms with Crippen LogP contribution < -0.4 is 0 Å². The molecule has 2 aliphatic rings. The van der Waals surface area contributed by atoms with Gasteiger partial charge < -0.3 is 19.8 Å². The lowest BCUT2D eigenvalue weighted by atomic mass is 10.1. The van der Waals surface area contributed by atoms with E-state index in [-0.39, 0.29) is 23.9 Å². The highest BCUT2D eigenvalue weighted by atomic mass is 32.1. The molecule has 0 aliphatic carbocycles. The summed E-state index contributed by atoms with van der Waals surface area (Å²) in [5, 5.41) is 1.71. The minimum Gasteiger partial charge on any atom is -0.338 e. The molecule has 4 aromatic heterocycles. The molecule has 0 radical (unpaired) electrons. The lowest BCUT2D eigenvalue weighted by Crippen LogP contribution is -2.31. The van der Waals surface area contributed by atoms with E-state index in [1.54, 1.807) is 22.7 Å². The number of thiazole rings is 2. The van der Waals surface area contributed by atoms with Crippen LogP contribution in [-0.2, 0) is 9.59 Å². The molecular formula is C30H38N8O2S2. The second-order valence-corrected chi connectivity index (χ2v) is 14.2. The lowest BCUT2D eigenvalue weighted by molar-refractivity contribution is -0.133. The van der Waals surface area contributed by atoms with Gasteiger partial charge in [0.2, 0.25) is 11.8 Å². The number of aromatic amines is 2. The third-order valence-electron chi connectivity index (χ3n) is 7.85. The van der Waals surface area contributed by atoms with Crippen LogP contribution in [0.1, 0.15) is 90.0 Å². The van der Waals surface area contributed by atoms with Gasteiger partial charge in [-0.25, -0.2) is 19.9 Å². The van der Waals surface area contributed by atoms with E-state index in [1.807, 2.05) is 34.6 Å². The molecule has 4 aromatic rings. The van der Waals surface area contributed by atoms with Crippen LogP contribution in [-0.4, -0.2) is 64.6 Å². The average Bonchev–Trinajstić information content (AvgIpc) is 3.77. The van der Waals surface area contributed by atoms with E-state index in [2.05, 4.69) is 57.6 Å². The van der Waals surface area contributed by atoms with Gasteiger partial charge in [0, 0.05) is 38.3 Å². The Hall–Kier alpha value is -3.38. The molecule has 2 N–H and O–H groups in total. The normalized spacial score (nSPS) is 19.1. The quantitative estimate of drug-likeness (QED) is 0.225. The number of H-pyrrole nitrogens is 2. The van der Waals surface area contributed by atoms with E-state index in [1.165, 1.54) is 0 Å². The Bertz CT molecular complexity index is 1430. The van der Waals surface area contributed by atoms with Crippen molar-refractivity contribution in [2.45, 2.75) is 78.3 Å². The summed E-state index contributed by atoms with van der Waals surface area (Å²) in [6, 6.07) is -0.00477. The van der Waals surface area contributed by atoms with E-state index < -0.39 is 0 Å². The maximum atomic E-state index is 12.8. The van der Waals surface area contributed by atoms with Crippen molar-refractivity contribution >= 4 is 34.5 Å². The Kier molecular flexibility index (Phi) is 8.26. The number of hydrogen-bond donors (Lipinski definition) is 2. The molecule has 0 aromatic carbocycles. The summed E-state index contributed by atoms with van der Waals surface area (Å²) < 4.78 is 0. The third kappa shape index (κ3) is 5.92. The van der Waals surface area contributed by atoms with Gasteiger partial charge in [0.05, 0.1) is 45.6 Å².